The summed E-state index contributed by atoms with van der Waals surface area (Å²) in [4.78, 5) is 8.35. The number of nitrogens with two attached hydrogens (primary N) is 1. The van der Waals surface area contributed by atoms with E-state index in [9.17, 15) is 0 Å². The molecule has 288 valence electrons. The van der Waals surface area contributed by atoms with Gasteiger partial charge in [0.25, 0.3) is 0 Å². The first-order valence-electron chi connectivity index (χ1n) is 20.1. The normalized spacial score (nSPS) is 12.9. The zero-order chi connectivity index (χ0) is 40.7. The SMILES string of the molecule is Cc1ccccc1.N=Cc1cccc2c1[nH]c1cc3c(cc1n1c4ccccc4c4cccc2c41)c1ccccc1n3-c1cccc(C(N)=NC(=N)C2=CC=CCC=C2)c1. The Morgan fingerprint density at radius 3 is 2.13 bits per heavy atom. The van der Waals surface area contributed by atoms with Gasteiger partial charge in [-0.3, -0.25) is 5.41 Å². The number of para-hydroxylation sites is 4. The largest absolute Gasteiger partial charge is 0.383 e. The van der Waals surface area contributed by atoms with Crippen molar-refractivity contribution in [3.05, 3.63) is 204 Å². The summed E-state index contributed by atoms with van der Waals surface area (Å²) in [5.74, 6) is 0.403. The van der Waals surface area contributed by atoms with Crippen LogP contribution in [0.1, 0.15) is 23.1 Å². The average Bonchev–Trinajstić information content (AvgIpc) is 3.62. The van der Waals surface area contributed by atoms with Gasteiger partial charge in [-0.1, -0.05) is 151 Å². The lowest BCUT2D eigenvalue weighted by atomic mass is 10.0. The van der Waals surface area contributed by atoms with Gasteiger partial charge in [0.2, 0.25) is 0 Å². The number of hydrogen-bond acceptors (Lipinski definition) is 2. The van der Waals surface area contributed by atoms with Gasteiger partial charge in [0.1, 0.15) is 5.84 Å². The number of rotatable bonds is 4. The quantitative estimate of drug-likeness (QED) is 0.104. The first-order valence-corrected chi connectivity index (χ1v) is 20.1. The summed E-state index contributed by atoms with van der Waals surface area (Å²) >= 11 is 0. The summed E-state index contributed by atoms with van der Waals surface area (Å²) in [6, 6.07) is 52.6. The summed E-state index contributed by atoms with van der Waals surface area (Å²) in [5.41, 5.74) is 18.3. The van der Waals surface area contributed by atoms with E-state index in [0.717, 1.165) is 83.4 Å². The van der Waals surface area contributed by atoms with Crippen molar-refractivity contribution < 1.29 is 0 Å². The number of allylic oxidation sites excluding steroid dienone is 4. The van der Waals surface area contributed by atoms with E-state index in [2.05, 4.69) is 129 Å². The molecule has 0 unspecified atom stereocenters. The number of nitrogens with one attached hydrogen (secondary N) is 3. The molecule has 3 heterocycles. The molecule has 7 heteroatoms. The molecular formula is C53H41N7. The minimum atomic E-state index is 0.120. The summed E-state index contributed by atoms with van der Waals surface area (Å²) < 4.78 is 4.67. The molecule has 0 atom stereocenters. The van der Waals surface area contributed by atoms with Gasteiger partial charge in [-0.05, 0) is 49.7 Å². The maximum absolute atomic E-state index is 8.65. The molecule has 0 fully saturated rings. The Morgan fingerprint density at radius 2 is 1.35 bits per heavy atom. The minimum Gasteiger partial charge on any atom is -0.383 e. The summed E-state index contributed by atoms with van der Waals surface area (Å²) in [6.07, 6.45) is 12.0. The van der Waals surface area contributed by atoms with E-state index in [1.165, 1.54) is 22.6 Å². The lowest BCUT2D eigenvalue weighted by Crippen LogP contribution is -2.16. The van der Waals surface area contributed by atoms with Crippen molar-refractivity contribution in [1.29, 1.82) is 10.8 Å². The molecule has 0 saturated carbocycles. The van der Waals surface area contributed by atoms with Gasteiger partial charge in [-0.2, -0.15) is 0 Å². The maximum atomic E-state index is 8.65. The third-order valence-corrected chi connectivity index (χ3v) is 11.4. The van der Waals surface area contributed by atoms with Gasteiger partial charge in [-0.15, -0.1) is 0 Å². The molecule has 1 aliphatic rings. The Hall–Kier alpha value is -8.03. The predicted molar refractivity (Wildman–Crippen MR) is 253 cm³/mol. The molecule has 0 aliphatic heterocycles. The summed E-state index contributed by atoms with van der Waals surface area (Å²) in [6.45, 7) is 2.08. The number of aryl methyl sites for hydroxylation is 1. The number of nitrogens with zero attached hydrogens (tertiary/aromatic N) is 3. The van der Waals surface area contributed by atoms with E-state index in [-0.39, 0.29) is 11.7 Å². The zero-order valence-electron chi connectivity index (χ0n) is 33.0. The van der Waals surface area contributed by atoms with Crippen LogP contribution in [0, 0.1) is 17.7 Å². The van der Waals surface area contributed by atoms with Crippen molar-refractivity contribution in [3.63, 3.8) is 0 Å². The van der Waals surface area contributed by atoms with Crippen LogP contribution in [0.25, 0.3) is 76.6 Å². The highest BCUT2D eigenvalue weighted by atomic mass is 15.0. The van der Waals surface area contributed by atoms with E-state index in [4.69, 9.17) is 16.6 Å². The zero-order valence-corrected chi connectivity index (χ0v) is 33.0. The second-order valence-corrected chi connectivity index (χ2v) is 15.1. The molecule has 3 aromatic heterocycles. The number of hydrogen-bond donors (Lipinski definition) is 4. The average molecular weight is 776 g/mol. The maximum Gasteiger partial charge on any atom is 0.154 e. The highest BCUT2D eigenvalue weighted by molar-refractivity contribution is 6.22. The third-order valence-electron chi connectivity index (χ3n) is 11.4. The highest BCUT2D eigenvalue weighted by Crippen LogP contribution is 2.39. The van der Waals surface area contributed by atoms with E-state index in [1.807, 2.05) is 78.9 Å². The molecule has 0 amide bonds. The Balaban J connectivity index is 0.000000564. The number of amidine groups is 2. The topological polar surface area (TPSA) is 111 Å². The molecule has 11 rings (SSSR count). The number of aromatic nitrogens is 3. The van der Waals surface area contributed by atoms with E-state index >= 15 is 0 Å². The van der Waals surface area contributed by atoms with Crippen molar-refractivity contribution in [3.8, 4) is 5.69 Å². The van der Waals surface area contributed by atoms with Crippen molar-refractivity contribution in [2.45, 2.75) is 13.3 Å². The molecule has 10 aromatic rings. The lowest BCUT2D eigenvalue weighted by molar-refractivity contribution is 1.18. The van der Waals surface area contributed by atoms with Crippen LogP contribution in [0.3, 0.4) is 0 Å². The molecule has 0 spiro atoms. The van der Waals surface area contributed by atoms with E-state index in [1.54, 1.807) is 0 Å². The smallest absolute Gasteiger partial charge is 0.154 e. The van der Waals surface area contributed by atoms with Crippen LogP contribution < -0.4 is 5.73 Å². The standard InChI is InChI=1S/C46H33N7.C7H8/c47-27-30-15-10-19-34-36-21-11-20-35-32-17-5-8-23-40(32)53(44(35)36)42-25-37-33-18-6-7-22-39(33)52(41(37)26-38(42)50-43(30)34)31-16-9-14-29(24-31)46(49)51-45(48)28-12-3-1-2-4-13-28;1-7-5-3-2-4-6-7/h1,3-27,47,50H,2H2,(H3,48,49,51);2-6H,1H3. The summed E-state index contributed by atoms with van der Waals surface area (Å²) in [5, 5.41) is 23.8. The van der Waals surface area contributed by atoms with Gasteiger partial charge in [0, 0.05) is 60.9 Å². The molecular weight excluding hydrogens is 735 g/mol. The van der Waals surface area contributed by atoms with Crippen molar-refractivity contribution in [1.82, 2.24) is 14.0 Å². The van der Waals surface area contributed by atoms with Gasteiger partial charge < -0.3 is 25.1 Å². The second kappa shape index (κ2) is 15.0. The van der Waals surface area contributed by atoms with Crippen molar-refractivity contribution in [2.24, 2.45) is 10.7 Å². The lowest BCUT2D eigenvalue weighted by Gasteiger charge is -2.12. The second-order valence-electron chi connectivity index (χ2n) is 15.1. The number of benzene rings is 7. The molecule has 0 saturated heterocycles. The monoisotopic (exact) mass is 775 g/mol. The van der Waals surface area contributed by atoms with Crippen LogP contribution in [-0.4, -0.2) is 31.8 Å². The third kappa shape index (κ3) is 6.20. The van der Waals surface area contributed by atoms with Crippen LogP contribution in [0.4, 0.5) is 0 Å². The number of aromatic amines is 1. The molecule has 0 bridgehead atoms. The molecule has 1 aliphatic carbocycles. The fourth-order valence-corrected chi connectivity index (χ4v) is 8.57. The number of fused-ring (bicyclic) bond motifs is 10. The molecule has 7 nitrogen and oxygen atoms in total. The van der Waals surface area contributed by atoms with Gasteiger partial charge in [-0.25, -0.2) is 4.99 Å². The van der Waals surface area contributed by atoms with Gasteiger partial charge in [0.15, 0.2) is 5.84 Å². The Labute approximate surface area is 346 Å². The first-order chi connectivity index (χ1) is 29.5. The van der Waals surface area contributed by atoms with Crippen LogP contribution in [-0.2, 0) is 0 Å². The Bertz CT molecular complexity index is 3510. The minimum absolute atomic E-state index is 0.120. The van der Waals surface area contributed by atoms with E-state index < -0.39 is 0 Å². The highest BCUT2D eigenvalue weighted by Gasteiger charge is 2.19. The van der Waals surface area contributed by atoms with Crippen LogP contribution in [0.2, 0.25) is 0 Å². The Morgan fingerprint density at radius 1 is 0.667 bits per heavy atom. The first kappa shape index (κ1) is 36.3. The van der Waals surface area contributed by atoms with Gasteiger partial charge >= 0.3 is 0 Å². The molecule has 7 aromatic carbocycles. The fourth-order valence-electron chi connectivity index (χ4n) is 8.57. The van der Waals surface area contributed by atoms with E-state index in [0.29, 0.717) is 5.57 Å². The fraction of sp³-hybridized carbons (Fsp3) is 0.0377. The van der Waals surface area contributed by atoms with Crippen LogP contribution in [0.5, 0.6) is 0 Å². The summed E-state index contributed by atoms with van der Waals surface area (Å²) in [7, 11) is 0. The molecule has 60 heavy (non-hydrogen) atoms. The number of H-pyrrole nitrogens is 1. The molecule has 5 N–H and O–H groups in total. The Kier molecular flexibility index (Phi) is 9.11. The van der Waals surface area contributed by atoms with Crippen LogP contribution >= 0.6 is 0 Å². The van der Waals surface area contributed by atoms with Crippen molar-refractivity contribution >= 4 is 88.8 Å². The van der Waals surface area contributed by atoms with Crippen molar-refractivity contribution in [2.75, 3.05) is 0 Å². The predicted octanol–water partition coefficient (Wildman–Crippen LogP) is 12.7. The van der Waals surface area contributed by atoms with Gasteiger partial charge in [0.05, 0.1) is 38.6 Å². The number of aliphatic imine (C=N–C) groups is 1. The molecule has 0 radical (unpaired) electrons. The van der Waals surface area contributed by atoms with Crippen LogP contribution in [0.15, 0.2) is 193 Å².